The molecule has 0 bridgehead atoms. The van der Waals surface area contributed by atoms with E-state index in [1.165, 1.54) is 18.3 Å². The van der Waals surface area contributed by atoms with Crippen LogP contribution in [0.5, 0.6) is 5.75 Å². The molecule has 1 amide bonds. The van der Waals surface area contributed by atoms with Crippen LogP contribution in [-0.4, -0.2) is 27.8 Å². The van der Waals surface area contributed by atoms with E-state index in [-0.39, 0.29) is 5.91 Å². The molecule has 8 heteroatoms. The normalized spacial score (nSPS) is 10.7. The Kier molecular flexibility index (Phi) is 5.33. The Balaban J connectivity index is 1.73. The fourth-order valence-corrected chi connectivity index (χ4v) is 3.74. The van der Waals surface area contributed by atoms with Crippen LogP contribution in [0.4, 0.5) is 5.82 Å². The number of nitrogens with zero attached hydrogens (tertiary/aromatic N) is 3. The summed E-state index contributed by atoms with van der Waals surface area (Å²) in [6, 6.07) is 16.9. The van der Waals surface area contributed by atoms with Crippen LogP contribution in [0.3, 0.4) is 0 Å². The second-order valence-corrected chi connectivity index (χ2v) is 7.53. The Morgan fingerprint density at radius 2 is 1.72 bits per heavy atom. The predicted octanol–water partition coefficient (Wildman–Crippen LogP) is 5.28. The summed E-state index contributed by atoms with van der Waals surface area (Å²) in [6.45, 7) is 1.46. The zero-order valence-electron chi connectivity index (χ0n) is 15.7. The number of hydrogen-bond donors (Lipinski definition) is 1. The SMILES string of the molecule is COc1ccc(-c2cc(NC(C)=O)n(-c3nc(-c4ccc(Cl)cc4)cs3)n2)cc1. The molecule has 0 aliphatic rings. The molecule has 0 saturated carbocycles. The molecule has 2 aromatic heterocycles. The third-order valence-electron chi connectivity index (χ3n) is 4.21. The second-order valence-electron chi connectivity index (χ2n) is 6.26. The highest BCUT2D eigenvalue weighted by molar-refractivity contribution is 7.12. The summed E-state index contributed by atoms with van der Waals surface area (Å²) in [6.07, 6.45) is 0. The quantitative estimate of drug-likeness (QED) is 0.473. The first-order valence-corrected chi connectivity index (χ1v) is 10.0. The van der Waals surface area contributed by atoms with E-state index in [4.69, 9.17) is 16.3 Å². The molecule has 0 saturated heterocycles. The monoisotopic (exact) mass is 424 g/mol. The van der Waals surface area contributed by atoms with E-state index in [0.29, 0.717) is 16.0 Å². The van der Waals surface area contributed by atoms with Gasteiger partial charge in [0.1, 0.15) is 11.6 Å². The lowest BCUT2D eigenvalue weighted by Crippen LogP contribution is -2.10. The largest absolute Gasteiger partial charge is 0.497 e. The Hall–Kier alpha value is -3.16. The highest BCUT2D eigenvalue weighted by Crippen LogP contribution is 2.30. The number of methoxy groups -OCH3 is 1. The van der Waals surface area contributed by atoms with Gasteiger partial charge >= 0.3 is 0 Å². The molecule has 0 atom stereocenters. The minimum Gasteiger partial charge on any atom is -0.497 e. The molecule has 4 rings (SSSR count). The number of ether oxygens (including phenoxy) is 1. The Morgan fingerprint density at radius 1 is 1.07 bits per heavy atom. The Morgan fingerprint density at radius 3 is 2.38 bits per heavy atom. The van der Waals surface area contributed by atoms with Gasteiger partial charge in [-0.15, -0.1) is 11.3 Å². The average molecular weight is 425 g/mol. The smallest absolute Gasteiger partial charge is 0.222 e. The number of carbonyl (C=O) groups is 1. The molecule has 0 aliphatic heterocycles. The number of halogens is 1. The van der Waals surface area contributed by atoms with Crippen molar-refractivity contribution in [2.24, 2.45) is 0 Å². The molecule has 0 aliphatic carbocycles. The molecule has 0 unspecified atom stereocenters. The van der Waals surface area contributed by atoms with E-state index in [1.54, 1.807) is 11.8 Å². The number of amides is 1. The highest BCUT2D eigenvalue weighted by Gasteiger charge is 2.16. The van der Waals surface area contributed by atoms with E-state index >= 15 is 0 Å². The first-order valence-electron chi connectivity index (χ1n) is 8.77. The summed E-state index contributed by atoms with van der Waals surface area (Å²) in [5.41, 5.74) is 3.41. The second kappa shape index (κ2) is 8.06. The number of benzene rings is 2. The van der Waals surface area contributed by atoms with Gasteiger partial charge in [-0.25, -0.2) is 4.98 Å². The summed E-state index contributed by atoms with van der Waals surface area (Å²) < 4.78 is 6.85. The van der Waals surface area contributed by atoms with Gasteiger partial charge in [0, 0.05) is 34.5 Å². The molecule has 146 valence electrons. The summed E-state index contributed by atoms with van der Waals surface area (Å²) in [4.78, 5) is 16.4. The van der Waals surface area contributed by atoms with Crippen molar-refractivity contribution in [1.29, 1.82) is 0 Å². The lowest BCUT2D eigenvalue weighted by atomic mass is 10.1. The van der Waals surface area contributed by atoms with Crippen molar-refractivity contribution in [3.8, 4) is 33.4 Å². The number of rotatable bonds is 5. The first-order chi connectivity index (χ1) is 14.0. The van der Waals surface area contributed by atoms with Crippen LogP contribution in [0.2, 0.25) is 5.02 Å². The molecular weight excluding hydrogens is 408 g/mol. The third-order valence-corrected chi connectivity index (χ3v) is 5.28. The zero-order valence-corrected chi connectivity index (χ0v) is 17.3. The molecule has 29 heavy (non-hydrogen) atoms. The molecule has 2 heterocycles. The molecule has 4 aromatic rings. The van der Waals surface area contributed by atoms with Gasteiger partial charge in [0.15, 0.2) is 0 Å². The van der Waals surface area contributed by atoms with Crippen molar-refractivity contribution < 1.29 is 9.53 Å². The molecular formula is C21H17ClN4O2S. The fraction of sp³-hybridized carbons (Fsp3) is 0.0952. The van der Waals surface area contributed by atoms with Crippen LogP contribution >= 0.6 is 22.9 Å². The summed E-state index contributed by atoms with van der Waals surface area (Å²) in [5, 5.41) is 10.8. The zero-order chi connectivity index (χ0) is 20.4. The Labute approximate surface area is 176 Å². The molecule has 1 N–H and O–H groups in total. The number of nitrogens with one attached hydrogen (secondary N) is 1. The maximum absolute atomic E-state index is 11.7. The summed E-state index contributed by atoms with van der Waals surface area (Å²) in [5.74, 6) is 1.14. The number of thiazole rings is 1. The average Bonchev–Trinajstić information content (AvgIpc) is 3.35. The number of hydrogen-bond acceptors (Lipinski definition) is 5. The van der Waals surface area contributed by atoms with E-state index in [9.17, 15) is 4.79 Å². The molecule has 6 nitrogen and oxygen atoms in total. The predicted molar refractivity (Wildman–Crippen MR) is 116 cm³/mol. The maximum Gasteiger partial charge on any atom is 0.222 e. The Bertz CT molecular complexity index is 1150. The van der Waals surface area contributed by atoms with Gasteiger partial charge in [0.2, 0.25) is 11.0 Å². The molecule has 0 radical (unpaired) electrons. The van der Waals surface area contributed by atoms with Gasteiger partial charge in [0.05, 0.1) is 18.5 Å². The van der Waals surface area contributed by atoms with Crippen molar-refractivity contribution in [2.45, 2.75) is 6.92 Å². The first kappa shape index (κ1) is 19.2. The topological polar surface area (TPSA) is 69.0 Å². The van der Waals surface area contributed by atoms with Gasteiger partial charge in [0.25, 0.3) is 0 Å². The van der Waals surface area contributed by atoms with Crippen molar-refractivity contribution in [2.75, 3.05) is 12.4 Å². The summed E-state index contributed by atoms with van der Waals surface area (Å²) >= 11 is 7.41. The van der Waals surface area contributed by atoms with E-state index in [1.807, 2.05) is 60.0 Å². The van der Waals surface area contributed by atoms with E-state index in [2.05, 4.69) is 15.4 Å². The van der Waals surface area contributed by atoms with Crippen molar-refractivity contribution in [3.63, 3.8) is 0 Å². The van der Waals surface area contributed by atoms with Crippen LogP contribution in [0.25, 0.3) is 27.6 Å². The third kappa shape index (κ3) is 4.16. The van der Waals surface area contributed by atoms with Crippen molar-refractivity contribution >= 4 is 34.7 Å². The molecule has 2 aromatic carbocycles. The van der Waals surface area contributed by atoms with Gasteiger partial charge in [-0.05, 0) is 36.4 Å². The van der Waals surface area contributed by atoms with Gasteiger partial charge in [-0.1, -0.05) is 23.7 Å². The lowest BCUT2D eigenvalue weighted by molar-refractivity contribution is -0.114. The minimum atomic E-state index is -0.179. The molecule has 0 fully saturated rings. The van der Waals surface area contributed by atoms with Crippen molar-refractivity contribution in [1.82, 2.24) is 14.8 Å². The van der Waals surface area contributed by atoms with Crippen LogP contribution < -0.4 is 10.1 Å². The maximum atomic E-state index is 11.7. The number of aromatic nitrogens is 3. The van der Waals surface area contributed by atoms with Gasteiger partial charge in [-0.2, -0.15) is 9.78 Å². The van der Waals surface area contributed by atoms with Crippen LogP contribution in [0.15, 0.2) is 60.0 Å². The molecule has 0 spiro atoms. The lowest BCUT2D eigenvalue weighted by Gasteiger charge is -2.03. The fourth-order valence-electron chi connectivity index (χ4n) is 2.81. The summed E-state index contributed by atoms with van der Waals surface area (Å²) in [7, 11) is 1.62. The number of anilines is 1. The number of carbonyl (C=O) groups excluding carboxylic acids is 1. The van der Waals surface area contributed by atoms with Crippen LogP contribution in [0, 0.1) is 0 Å². The van der Waals surface area contributed by atoms with Gasteiger partial charge in [-0.3, -0.25) is 4.79 Å². The van der Waals surface area contributed by atoms with Crippen LogP contribution in [0.1, 0.15) is 6.92 Å². The van der Waals surface area contributed by atoms with Gasteiger partial charge < -0.3 is 10.1 Å². The van der Waals surface area contributed by atoms with Crippen molar-refractivity contribution in [3.05, 3.63) is 65.0 Å². The van der Waals surface area contributed by atoms with E-state index in [0.717, 1.165) is 28.3 Å². The standard InChI is InChI=1S/C21H17ClN4O2S/c1-13(27)23-20-11-18(14-5-9-17(28-2)10-6-14)25-26(20)21-24-19(12-29-21)15-3-7-16(22)8-4-15/h3-12H,1-2H3,(H,23,27). The van der Waals surface area contributed by atoms with Crippen LogP contribution in [-0.2, 0) is 4.79 Å². The minimum absolute atomic E-state index is 0.179. The highest BCUT2D eigenvalue weighted by atomic mass is 35.5. The van der Waals surface area contributed by atoms with E-state index < -0.39 is 0 Å².